The predicted molar refractivity (Wildman–Crippen MR) is 229 cm³/mol. The highest BCUT2D eigenvalue weighted by atomic mass is 16.5. The van der Waals surface area contributed by atoms with Gasteiger partial charge < -0.3 is 25.2 Å². The predicted octanol–water partition coefficient (Wildman–Crippen LogP) is 9.81. The van der Waals surface area contributed by atoms with E-state index in [0.29, 0.717) is 61.0 Å². The lowest BCUT2D eigenvalue weighted by Gasteiger charge is -2.32. The van der Waals surface area contributed by atoms with Gasteiger partial charge in [0.15, 0.2) is 0 Å². The molecule has 0 fully saturated rings. The zero-order valence-corrected chi connectivity index (χ0v) is 35.0. The largest absolute Gasteiger partial charge is 0.508 e. The van der Waals surface area contributed by atoms with Crippen molar-refractivity contribution in [3.05, 3.63) is 143 Å². The van der Waals surface area contributed by atoms with Crippen molar-refractivity contribution < 1.29 is 34.8 Å². The summed E-state index contributed by atoms with van der Waals surface area (Å²) in [5.41, 5.74) is 6.35. The molecule has 4 aromatic carbocycles. The zero-order valence-electron chi connectivity index (χ0n) is 35.0. The summed E-state index contributed by atoms with van der Waals surface area (Å²) < 4.78 is 6.31. The second kappa shape index (κ2) is 23.3. The van der Waals surface area contributed by atoms with E-state index in [2.05, 4.69) is 126 Å². The van der Waals surface area contributed by atoms with E-state index in [4.69, 9.17) is 14.9 Å². The van der Waals surface area contributed by atoms with Crippen LogP contribution in [0.1, 0.15) is 113 Å². The fourth-order valence-electron chi connectivity index (χ4n) is 7.53. The Labute approximate surface area is 340 Å². The number of phenols is 2. The molecule has 0 amide bonds. The topological polar surface area (TPSA) is 131 Å². The Bertz CT molecular complexity index is 1690. The van der Waals surface area contributed by atoms with Gasteiger partial charge in [0.05, 0.1) is 13.2 Å². The Hall–Kier alpha value is -4.96. The van der Waals surface area contributed by atoms with Crippen LogP contribution in [0.5, 0.6) is 11.5 Å². The number of phenolic OH excluding ortho intramolecular Hbond substituents is 2. The molecule has 0 heterocycles. The van der Waals surface area contributed by atoms with E-state index in [1.807, 2.05) is 36.4 Å². The molecular formula is C48H64N2O7. The summed E-state index contributed by atoms with van der Waals surface area (Å²) in [4.78, 5) is 24.1. The maximum absolute atomic E-state index is 11.1. The van der Waals surface area contributed by atoms with Crippen LogP contribution in [-0.2, 0) is 27.5 Å². The minimum Gasteiger partial charge on any atom is -0.508 e. The number of aliphatic carboxylic acids is 2. The van der Waals surface area contributed by atoms with Gasteiger partial charge in [0, 0.05) is 59.3 Å². The molecule has 1 unspecified atom stereocenters. The van der Waals surface area contributed by atoms with Crippen LogP contribution in [0.3, 0.4) is 0 Å². The zero-order chi connectivity index (χ0) is 42.1. The molecule has 2 atom stereocenters. The number of ether oxygens (including phenoxy) is 1. The second-order valence-corrected chi connectivity index (χ2v) is 15.6. The van der Waals surface area contributed by atoms with Gasteiger partial charge in [-0.05, 0) is 128 Å². The van der Waals surface area contributed by atoms with Gasteiger partial charge in [0.25, 0.3) is 0 Å². The number of carbonyl (C=O) groups is 2. The molecule has 9 heteroatoms. The lowest BCUT2D eigenvalue weighted by atomic mass is 9.86. The fraction of sp³-hybridized carbons (Fsp3) is 0.417. The summed E-state index contributed by atoms with van der Waals surface area (Å²) in [6, 6.07) is 34.6. The average molecular weight is 781 g/mol. The van der Waals surface area contributed by atoms with E-state index in [1.54, 1.807) is 0 Å². The smallest absolute Gasteiger partial charge is 0.328 e. The van der Waals surface area contributed by atoms with Gasteiger partial charge >= 0.3 is 11.9 Å². The maximum atomic E-state index is 11.1. The minimum atomic E-state index is -1.26. The number of hydrogen-bond acceptors (Lipinski definition) is 7. The highest BCUT2D eigenvalue weighted by Gasteiger charge is 2.23. The molecule has 0 saturated heterocycles. The van der Waals surface area contributed by atoms with Gasteiger partial charge in [-0.25, -0.2) is 9.59 Å². The fourth-order valence-corrected chi connectivity index (χ4v) is 7.53. The van der Waals surface area contributed by atoms with E-state index < -0.39 is 11.9 Å². The van der Waals surface area contributed by atoms with Crippen LogP contribution >= 0.6 is 0 Å². The van der Waals surface area contributed by atoms with Gasteiger partial charge in [-0.2, -0.15) is 0 Å². The number of nitrogens with zero attached hydrogens (tertiary/aromatic N) is 2. The lowest BCUT2D eigenvalue weighted by molar-refractivity contribution is -0.134. The first-order valence-corrected chi connectivity index (χ1v) is 20.1. The molecule has 4 aromatic rings. The lowest BCUT2D eigenvalue weighted by Crippen LogP contribution is -2.38. The van der Waals surface area contributed by atoms with Crippen molar-refractivity contribution in [2.75, 3.05) is 13.1 Å². The molecule has 0 aliphatic heterocycles. The van der Waals surface area contributed by atoms with Crippen LogP contribution < -0.4 is 0 Å². The van der Waals surface area contributed by atoms with Crippen molar-refractivity contribution in [1.82, 2.24) is 9.80 Å². The molecule has 0 aliphatic carbocycles. The maximum Gasteiger partial charge on any atom is 0.328 e. The average Bonchev–Trinajstić information content (AvgIpc) is 3.16. The SMILES string of the molecule is CC(C)N(CCC(c1ccccc1)c1cc(COCc2ccc(O)c([C@H](CCN(C(C)C)C(C)C)c3ccccc3)c2)ccc1O)C(C)C.O=C(O)/C=C/C(=O)O. The van der Waals surface area contributed by atoms with Crippen LogP contribution in [0.2, 0.25) is 0 Å². The van der Waals surface area contributed by atoms with E-state index in [9.17, 15) is 19.8 Å². The molecule has 0 aliphatic rings. The second-order valence-electron chi connectivity index (χ2n) is 15.6. The summed E-state index contributed by atoms with van der Waals surface area (Å²) in [6.07, 6.45) is 2.93. The molecule has 57 heavy (non-hydrogen) atoms. The normalized spacial score (nSPS) is 12.8. The first-order valence-electron chi connectivity index (χ1n) is 20.1. The molecule has 4 N–H and O–H groups in total. The number of benzene rings is 4. The van der Waals surface area contributed by atoms with Crippen LogP contribution in [-0.4, -0.2) is 79.4 Å². The van der Waals surface area contributed by atoms with E-state index in [-0.39, 0.29) is 11.8 Å². The summed E-state index contributed by atoms with van der Waals surface area (Å²) in [7, 11) is 0. The Morgan fingerprint density at radius 2 is 0.877 bits per heavy atom. The van der Waals surface area contributed by atoms with E-state index in [0.717, 1.165) is 48.2 Å². The van der Waals surface area contributed by atoms with Crippen molar-refractivity contribution in [2.45, 2.75) is 117 Å². The monoisotopic (exact) mass is 780 g/mol. The van der Waals surface area contributed by atoms with Gasteiger partial charge in [-0.1, -0.05) is 72.8 Å². The number of carboxylic acid groups (broad SMARTS) is 2. The Kier molecular flexibility index (Phi) is 19.0. The summed E-state index contributed by atoms with van der Waals surface area (Å²) in [5, 5.41) is 37.9. The van der Waals surface area contributed by atoms with Gasteiger partial charge in [0.1, 0.15) is 11.5 Å². The highest BCUT2D eigenvalue weighted by Crippen LogP contribution is 2.37. The summed E-state index contributed by atoms with van der Waals surface area (Å²) >= 11 is 0. The van der Waals surface area contributed by atoms with Crippen LogP contribution in [0, 0.1) is 0 Å². The standard InChI is InChI=1S/C44H60N2O3.C4H4O4/c1-31(2)45(32(3)4)25-23-39(37-15-11-9-12-16-37)41-27-35(19-21-43(41)47)29-49-30-36-20-22-44(48)42(28-36)40(38-17-13-10-14-18-38)24-26-46(33(5)6)34(7)8;5-3(6)1-2-4(7)8/h9-22,27-28,31-34,39-40,47-48H,23-26,29-30H2,1-8H3;1-2H,(H,5,6)(H,7,8)/b;2-1+/t39-,40?;/m1./s1. The van der Waals surface area contributed by atoms with Crippen LogP contribution in [0.25, 0.3) is 0 Å². The third kappa shape index (κ3) is 15.1. The Balaban J connectivity index is 0.000000980. The molecule has 0 aromatic heterocycles. The summed E-state index contributed by atoms with van der Waals surface area (Å²) in [5.74, 6) is -1.74. The third-order valence-electron chi connectivity index (χ3n) is 10.2. The number of aromatic hydroxyl groups is 2. The molecular weight excluding hydrogens is 717 g/mol. The molecule has 0 radical (unpaired) electrons. The quantitative estimate of drug-likeness (QED) is 0.0648. The van der Waals surface area contributed by atoms with E-state index in [1.165, 1.54) is 11.1 Å². The highest BCUT2D eigenvalue weighted by molar-refractivity contribution is 5.89. The minimum absolute atomic E-state index is 0.0676. The van der Waals surface area contributed by atoms with Crippen LogP contribution in [0.15, 0.2) is 109 Å². The van der Waals surface area contributed by atoms with Crippen molar-refractivity contribution >= 4 is 11.9 Å². The molecule has 308 valence electrons. The van der Waals surface area contributed by atoms with Crippen molar-refractivity contribution in [3.63, 3.8) is 0 Å². The number of hydrogen-bond donors (Lipinski definition) is 4. The Morgan fingerprint density at radius 1 is 0.544 bits per heavy atom. The Morgan fingerprint density at radius 3 is 1.18 bits per heavy atom. The number of rotatable bonds is 20. The van der Waals surface area contributed by atoms with Crippen molar-refractivity contribution in [3.8, 4) is 11.5 Å². The van der Waals surface area contributed by atoms with E-state index >= 15 is 0 Å². The third-order valence-corrected chi connectivity index (χ3v) is 10.2. The molecule has 4 rings (SSSR count). The molecule has 0 spiro atoms. The first-order chi connectivity index (χ1) is 27.1. The van der Waals surface area contributed by atoms with Crippen molar-refractivity contribution in [1.29, 1.82) is 0 Å². The molecule has 0 saturated carbocycles. The number of carboxylic acids is 2. The van der Waals surface area contributed by atoms with Crippen LogP contribution in [0.4, 0.5) is 0 Å². The van der Waals surface area contributed by atoms with Gasteiger partial charge in [0.2, 0.25) is 0 Å². The van der Waals surface area contributed by atoms with Crippen molar-refractivity contribution in [2.24, 2.45) is 0 Å². The molecule has 9 nitrogen and oxygen atoms in total. The summed E-state index contributed by atoms with van der Waals surface area (Å²) in [6.45, 7) is 20.7. The molecule has 0 bridgehead atoms. The van der Waals surface area contributed by atoms with Gasteiger partial charge in [-0.3, -0.25) is 9.80 Å². The first kappa shape index (κ1) is 46.4. The van der Waals surface area contributed by atoms with Gasteiger partial charge in [-0.15, -0.1) is 0 Å².